The SMILES string of the molecule is Cc1cccc(C2=CCC(C3C=Cc4c(n(-c5ccc6c(c5)C(C)(C)c5ccc7c(oc8ccccc87)c5-6)c5cc(-c6ccccc6)ccc45)C3)C=C2)c1. The summed E-state index contributed by atoms with van der Waals surface area (Å²) in [5, 5.41) is 3.67. The molecule has 0 aliphatic heterocycles. The van der Waals surface area contributed by atoms with E-state index in [2.05, 4.69) is 183 Å². The molecule has 0 saturated heterocycles. The van der Waals surface area contributed by atoms with E-state index in [0.29, 0.717) is 11.8 Å². The first-order valence-electron chi connectivity index (χ1n) is 19.4. The Hall–Kier alpha value is -6.12. The van der Waals surface area contributed by atoms with Gasteiger partial charge in [0, 0.05) is 44.1 Å². The predicted molar refractivity (Wildman–Crippen MR) is 226 cm³/mol. The molecule has 2 aromatic heterocycles. The molecular weight excluding hydrogens is 655 g/mol. The second-order valence-corrected chi connectivity index (χ2v) is 16.1. The van der Waals surface area contributed by atoms with E-state index >= 15 is 0 Å². The average molecular weight is 696 g/mol. The Labute approximate surface area is 316 Å². The lowest BCUT2D eigenvalue weighted by atomic mass is 9.79. The lowest BCUT2D eigenvalue weighted by molar-refractivity contribution is 0.466. The number of fused-ring (bicyclic) bond motifs is 10. The summed E-state index contributed by atoms with van der Waals surface area (Å²) in [6.45, 7) is 6.92. The second kappa shape index (κ2) is 11.7. The summed E-state index contributed by atoms with van der Waals surface area (Å²) in [7, 11) is 0. The molecule has 54 heavy (non-hydrogen) atoms. The first-order chi connectivity index (χ1) is 26.4. The van der Waals surface area contributed by atoms with E-state index in [-0.39, 0.29) is 5.41 Å². The molecule has 3 aliphatic rings. The van der Waals surface area contributed by atoms with Gasteiger partial charge in [0.25, 0.3) is 0 Å². The fourth-order valence-electron chi connectivity index (χ4n) is 9.78. The maximum absolute atomic E-state index is 6.62. The molecule has 8 aromatic rings. The van der Waals surface area contributed by atoms with Crippen molar-refractivity contribution in [2.75, 3.05) is 0 Å². The van der Waals surface area contributed by atoms with E-state index in [4.69, 9.17) is 4.42 Å². The Kier molecular flexibility index (Phi) is 6.80. The van der Waals surface area contributed by atoms with E-state index in [1.54, 1.807) is 0 Å². The van der Waals surface area contributed by atoms with Gasteiger partial charge in [0.05, 0.1) is 5.52 Å². The Morgan fingerprint density at radius 2 is 1.46 bits per heavy atom. The van der Waals surface area contributed by atoms with Gasteiger partial charge >= 0.3 is 0 Å². The fraction of sp³-hybridized carbons (Fsp3) is 0.154. The minimum atomic E-state index is -0.178. The minimum Gasteiger partial charge on any atom is -0.455 e. The van der Waals surface area contributed by atoms with Gasteiger partial charge in [-0.15, -0.1) is 0 Å². The molecule has 0 radical (unpaired) electrons. The number of nitrogens with zero attached hydrogens (tertiary/aromatic N) is 1. The number of furan rings is 1. The molecule has 0 saturated carbocycles. The average Bonchev–Trinajstić information content (AvgIpc) is 3.83. The highest BCUT2D eigenvalue weighted by Crippen LogP contribution is 2.53. The number of aromatic nitrogens is 1. The normalized spacial score (nSPS) is 18.2. The van der Waals surface area contributed by atoms with Crippen molar-refractivity contribution in [1.82, 2.24) is 4.57 Å². The van der Waals surface area contributed by atoms with Crippen LogP contribution in [-0.4, -0.2) is 4.57 Å². The van der Waals surface area contributed by atoms with Gasteiger partial charge < -0.3 is 8.98 Å². The Balaban J connectivity index is 1.05. The highest BCUT2D eigenvalue weighted by Gasteiger charge is 2.38. The first kappa shape index (κ1) is 31.4. The van der Waals surface area contributed by atoms with Gasteiger partial charge in [-0.25, -0.2) is 0 Å². The predicted octanol–water partition coefficient (Wildman–Crippen LogP) is 13.7. The van der Waals surface area contributed by atoms with Crippen molar-refractivity contribution in [2.45, 2.75) is 39.0 Å². The van der Waals surface area contributed by atoms with Crippen LogP contribution < -0.4 is 0 Å². The molecule has 2 unspecified atom stereocenters. The smallest absolute Gasteiger partial charge is 0.143 e. The van der Waals surface area contributed by atoms with Gasteiger partial charge in [-0.05, 0) is 94.8 Å². The standard InChI is InChI=1S/C52H41NO/c1-32-10-9-13-36(28-32)34-16-18-35(19-17-34)38-21-24-41-40-23-20-37(33-11-5-4-6-12-33)29-47(40)53(48(41)30-38)39-22-25-44-46(31-39)52(2,3)45-27-26-43-42-14-7-8-15-49(42)54-51(43)50(44)45/h4-18,20-29,31,35,38H,19,30H2,1-3H3. The minimum absolute atomic E-state index is 0.178. The molecule has 0 spiro atoms. The van der Waals surface area contributed by atoms with Crippen molar-refractivity contribution in [2.24, 2.45) is 11.8 Å². The van der Waals surface area contributed by atoms with Crippen LogP contribution in [0.5, 0.6) is 0 Å². The van der Waals surface area contributed by atoms with Crippen LogP contribution in [-0.2, 0) is 11.8 Å². The quantitative estimate of drug-likeness (QED) is 0.179. The van der Waals surface area contributed by atoms with Crippen molar-refractivity contribution in [3.05, 3.63) is 185 Å². The summed E-state index contributed by atoms with van der Waals surface area (Å²) in [6, 6.07) is 46.9. The van der Waals surface area contributed by atoms with Gasteiger partial charge in [-0.2, -0.15) is 0 Å². The van der Waals surface area contributed by atoms with Crippen LogP contribution in [0.3, 0.4) is 0 Å². The van der Waals surface area contributed by atoms with Gasteiger partial charge in [0.1, 0.15) is 11.2 Å². The third kappa shape index (κ3) is 4.66. The monoisotopic (exact) mass is 695 g/mol. The third-order valence-corrected chi connectivity index (χ3v) is 12.6. The Morgan fingerprint density at radius 1 is 0.648 bits per heavy atom. The lowest BCUT2D eigenvalue weighted by Crippen LogP contribution is -2.19. The van der Waals surface area contributed by atoms with Crippen molar-refractivity contribution >= 4 is 44.5 Å². The molecule has 3 aliphatic carbocycles. The van der Waals surface area contributed by atoms with Crippen LogP contribution >= 0.6 is 0 Å². The van der Waals surface area contributed by atoms with E-state index in [1.165, 1.54) is 88.7 Å². The zero-order chi connectivity index (χ0) is 36.1. The molecule has 2 atom stereocenters. The maximum atomic E-state index is 6.62. The molecule has 2 heteroatoms. The number of hydrogen-bond acceptors (Lipinski definition) is 1. The van der Waals surface area contributed by atoms with Crippen molar-refractivity contribution in [3.63, 3.8) is 0 Å². The summed E-state index contributed by atoms with van der Waals surface area (Å²) in [5.74, 6) is 0.867. The second-order valence-electron chi connectivity index (χ2n) is 16.1. The number of rotatable bonds is 4. The number of para-hydroxylation sites is 1. The number of aryl methyl sites for hydroxylation is 1. The molecule has 11 rings (SSSR count). The third-order valence-electron chi connectivity index (χ3n) is 12.6. The van der Waals surface area contributed by atoms with Gasteiger partial charge in [-0.3, -0.25) is 0 Å². The van der Waals surface area contributed by atoms with Crippen LogP contribution in [0.15, 0.2) is 156 Å². The highest BCUT2D eigenvalue weighted by atomic mass is 16.3. The molecule has 2 heterocycles. The lowest BCUT2D eigenvalue weighted by Gasteiger charge is -2.28. The number of allylic oxidation sites excluding steroid dienone is 5. The van der Waals surface area contributed by atoms with E-state index < -0.39 is 0 Å². The van der Waals surface area contributed by atoms with Crippen molar-refractivity contribution in [1.29, 1.82) is 0 Å². The summed E-state index contributed by atoms with van der Waals surface area (Å²) >= 11 is 0. The summed E-state index contributed by atoms with van der Waals surface area (Å²) in [4.78, 5) is 0. The zero-order valence-corrected chi connectivity index (χ0v) is 30.9. The van der Waals surface area contributed by atoms with Crippen LogP contribution in [0.1, 0.15) is 53.8 Å². The molecule has 0 bridgehead atoms. The van der Waals surface area contributed by atoms with Gasteiger partial charge in [0.15, 0.2) is 0 Å². The van der Waals surface area contributed by atoms with E-state index in [9.17, 15) is 0 Å². The zero-order valence-electron chi connectivity index (χ0n) is 30.9. The summed E-state index contributed by atoms with van der Waals surface area (Å²) in [6.07, 6.45) is 14.2. The van der Waals surface area contributed by atoms with Gasteiger partial charge in [0.2, 0.25) is 0 Å². The van der Waals surface area contributed by atoms with Crippen LogP contribution in [0.4, 0.5) is 0 Å². The molecule has 2 nitrogen and oxygen atoms in total. The molecular formula is C52H41NO. The maximum Gasteiger partial charge on any atom is 0.143 e. The molecule has 0 fully saturated rings. The first-order valence-corrected chi connectivity index (χ1v) is 19.4. The largest absolute Gasteiger partial charge is 0.455 e. The van der Waals surface area contributed by atoms with Crippen LogP contribution in [0.2, 0.25) is 0 Å². The molecule has 6 aromatic carbocycles. The molecule has 0 N–H and O–H groups in total. The topological polar surface area (TPSA) is 18.1 Å². The summed E-state index contributed by atoms with van der Waals surface area (Å²) in [5.41, 5.74) is 18.6. The Bertz CT molecular complexity index is 2920. The highest BCUT2D eigenvalue weighted by molar-refractivity contribution is 6.12. The number of benzene rings is 6. The van der Waals surface area contributed by atoms with Crippen LogP contribution in [0.25, 0.3) is 72.4 Å². The number of hydrogen-bond donors (Lipinski definition) is 0. The van der Waals surface area contributed by atoms with Gasteiger partial charge in [-0.1, -0.05) is 153 Å². The molecule has 260 valence electrons. The fourth-order valence-corrected chi connectivity index (χ4v) is 9.78. The van der Waals surface area contributed by atoms with E-state index in [1.807, 2.05) is 0 Å². The van der Waals surface area contributed by atoms with Crippen molar-refractivity contribution in [3.8, 4) is 27.9 Å². The summed E-state index contributed by atoms with van der Waals surface area (Å²) < 4.78 is 9.21. The Morgan fingerprint density at radius 3 is 2.31 bits per heavy atom. The van der Waals surface area contributed by atoms with Crippen LogP contribution in [0, 0.1) is 18.8 Å². The molecule has 0 amide bonds. The van der Waals surface area contributed by atoms with Crippen molar-refractivity contribution < 1.29 is 4.42 Å². The van der Waals surface area contributed by atoms with E-state index in [0.717, 1.165) is 24.0 Å².